The highest BCUT2D eigenvalue weighted by Crippen LogP contribution is 2.23. The lowest BCUT2D eigenvalue weighted by atomic mass is 10.1. The number of pyridine rings is 1. The topological polar surface area (TPSA) is 79.7 Å². The normalized spacial score (nSPS) is 17.9. The first-order valence-electron chi connectivity index (χ1n) is 5.71. The van der Waals surface area contributed by atoms with Gasteiger partial charge in [-0.05, 0) is 34.8 Å². The van der Waals surface area contributed by atoms with Crippen molar-refractivity contribution in [2.24, 2.45) is 4.99 Å². The zero-order chi connectivity index (χ0) is 13.9. The number of nitrogens with zero attached hydrogens (tertiary/aromatic N) is 3. The van der Waals surface area contributed by atoms with E-state index in [1.807, 2.05) is 0 Å². The molecule has 0 spiro atoms. The minimum atomic E-state index is -3.52. The Balaban J connectivity index is 2.16. The molecule has 1 aliphatic heterocycles. The molecule has 2 rings (SSSR count). The first-order valence-corrected chi connectivity index (χ1v) is 7.95. The van der Waals surface area contributed by atoms with Gasteiger partial charge in [0.2, 0.25) is 16.1 Å². The number of piperidine rings is 1. The van der Waals surface area contributed by atoms with Crippen LogP contribution >= 0.6 is 15.9 Å². The quantitative estimate of drug-likeness (QED) is 0.611. The van der Waals surface area contributed by atoms with E-state index in [-0.39, 0.29) is 10.9 Å². The van der Waals surface area contributed by atoms with Crippen molar-refractivity contribution in [1.29, 1.82) is 0 Å². The summed E-state index contributed by atoms with van der Waals surface area (Å²) >= 11 is 3.21. The molecule has 102 valence electrons. The van der Waals surface area contributed by atoms with Gasteiger partial charge < -0.3 is 0 Å². The van der Waals surface area contributed by atoms with Crippen molar-refractivity contribution >= 4 is 32.0 Å². The Bertz CT molecular complexity index is 605. The molecule has 1 saturated heterocycles. The van der Waals surface area contributed by atoms with Crippen molar-refractivity contribution in [3.63, 3.8) is 0 Å². The summed E-state index contributed by atoms with van der Waals surface area (Å²) < 4.78 is 26.7. The van der Waals surface area contributed by atoms with E-state index in [1.54, 1.807) is 0 Å². The Hall–Kier alpha value is -1.08. The van der Waals surface area contributed by atoms with E-state index >= 15 is 0 Å². The summed E-state index contributed by atoms with van der Waals surface area (Å²) in [6.45, 7) is 0.704. The Morgan fingerprint density at radius 3 is 2.63 bits per heavy atom. The van der Waals surface area contributed by atoms with Crippen molar-refractivity contribution in [3.05, 3.63) is 22.9 Å². The van der Waals surface area contributed by atoms with E-state index in [0.29, 0.717) is 30.4 Å². The lowest BCUT2D eigenvalue weighted by Gasteiger charge is -2.28. The number of isocyanates is 1. The van der Waals surface area contributed by atoms with Gasteiger partial charge in [0, 0.05) is 30.0 Å². The molecule has 1 aromatic rings. The van der Waals surface area contributed by atoms with E-state index < -0.39 is 10.0 Å². The molecule has 6 nitrogen and oxygen atoms in total. The van der Waals surface area contributed by atoms with Gasteiger partial charge in [0.05, 0.1) is 6.04 Å². The number of hydrogen-bond donors (Lipinski definition) is 0. The van der Waals surface area contributed by atoms with Crippen molar-refractivity contribution in [2.75, 3.05) is 13.1 Å². The number of rotatable bonds is 3. The third-order valence-corrected chi connectivity index (χ3v) is 5.27. The molecule has 2 heterocycles. The molecule has 8 heteroatoms. The number of aliphatic imine (C=N–C) groups is 1. The maximum absolute atomic E-state index is 12.4. The first-order chi connectivity index (χ1) is 9.04. The summed E-state index contributed by atoms with van der Waals surface area (Å²) in [5.74, 6) is 0. The van der Waals surface area contributed by atoms with Crippen LogP contribution in [0.15, 0.2) is 32.8 Å². The molecule has 0 aromatic carbocycles. The van der Waals surface area contributed by atoms with E-state index in [9.17, 15) is 13.2 Å². The average molecular weight is 346 g/mol. The number of carbonyl (C=O) groups excluding carboxylic acids is 1. The molecule has 0 saturated carbocycles. The minimum Gasteiger partial charge on any atom is -0.262 e. The van der Waals surface area contributed by atoms with E-state index in [2.05, 4.69) is 25.9 Å². The summed E-state index contributed by atoms with van der Waals surface area (Å²) in [7, 11) is -3.52. The lowest BCUT2D eigenvalue weighted by Crippen LogP contribution is -2.39. The Morgan fingerprint density at radius 2 is 2.05 bits per heavy atom. The molecule has 19 heavy (non-hydrogen) atoms. The summed E-state index contributed by atoms with van der Waals surface area (Å²) in [5.41, 5.74) is 0. The van der Waals surface area contributed by atoms with Crippen LogP contribution in [0.1, 0.15) is 12.8 Å². The summed E-state index contributed by atoms with van der Waals surface area (Å²) in [5, 5.41) is 0. The first kappa shape index (κ1) is 14.3. The molecular formula is C11H12BrN3O3S. The smallest absolute Gasteiger partial charge is 0.244 e. The van der Waals surface area contributed by atoms with Gasteiger partial charge in [-0.2, -0.15) is 4.31 Å². The molecule has 1 fully saturated rings. The number of aromatic nitrogens is 1. The van der Waals surface area contributed by atoms with E-state index in [4.69, 9.17) is 0 Å². The van der Waals surface area contributed by atoms with Crippen molar-refractivity contribution in [2.45, 2.75) is 23.8 Å². The van der Waals surface area contributed by atoms with Crippen LogP contribution in [0.4, 0.5) is 0 Å². The van der Waals surface area contributed by atoms with E-state index in [1.165, 1.54) is 28.8 Å². The molecule has 0 N–H and O–H groups in total. The van der Waals surface area contributed by atoms with Crippen LogP contribution in [0.3, 0.4) is 0 Å². The third-order valence-electron chi connectivity index (χ3n) is 2.98. The van der Waals surface area contributed by atoms with Crippen molar-refractivity contribution < 1.29 is 13.2 Å². The predicted octanol–water partition coefficient (Wildman–Crippen LogP) is 1.33. The van der Waals surface area contributed by atoms with Gasteiger partial charge in [-0.1, -0.05) is 0 Å². The molecule has 0 aliphatic carbocycles. The molecule has 0 amide bonds. The van der Waals surface area contributed by atoms with Crippen molar-refractivity contribution in [1.82, 2.24) is 9.29 Å². The second-order valence-corrected chi connectivity index (χ2v) is 7.05. The second-order valence-electron chi connectivity index (χ2n) is 4.19. The van der Waals surface area contributed by atoms with E-state index in [0.717, 1.165) is 0 Å². The molecule has 0 bridgehead atoms. The zero-order valence-corrected chi connectivity index (χ0v) is 12.4. The van der Waals surface area contributed by atoms with Gasteiger partial charge in [-0.25, -0.2) is 18.2 Å². The van der Waals surface area contributed by atoms with Crippen LogP contribution < -0.4 is 0 Å². The highest BCUT2D eigenvalue weighted by molar-refractivity contribution is 9.10. The maximum Gasteiger partial charge on any atom is 0.244 e. The van der Waals surface area contributed by atoms with Gasteiger partial charge in [-0.15, -0.1) is 0 Å². The third kappa shape index (κ3) is 3.27. The molecule has 0 radical (unpaired) electrons. The lowest BCUT2D eigenvalue weighted by molar-refractivity contribution is 0.320. The van der Waals surface area contributed by atoms with Crippen LogP contribution in [-0.4, -0.2) is 42.9 Å². The average Bonchev–Trinajstić information content (AvgIpc) is 2.40. The highest BCUT2D eigenvalue weighted by atomic mass is 79.9. The highest BCUT2D eigenvalue weighted by Gasteiger charge is 2.29. The Kier molecular flexibility index (Phi) is 4.46. The largest absolute Gasteiger partial charge is 0.262 e. The van der Waals surface area contributed by atoms with Gasteiger partial charge >= 0.3 is 0 Å². The van der Waals surface area contributed by atoms with Crippen LogP contribution in [0.2, 0.25) is 0 Å². The Morgan fingerprint density at radius 1 is 1.37 bits per heavy atom. The Labute approximate surface area is 119 Å². The minimum absolute atomic E-state index is 0.121. The van der Waals surface area contributed by atoms with Gasteiger partial charge in [0.1, 0.15) is 4.90 Å². The predicted molar refractivity (Wildman–Crippen MR) is 71.8 cm³/mol. The van der Waals surface area contributed by atoms with Gasteiger partial charge in [0.15, 0.2) is 0 Å². The number of sulfonamides is 1. The molecule has 1 aromatic heterocycles. The number of hydrogen-bond acceptors (Lipinski definition) is 5. The van der Waals surface area contributed by atoms with Crippen LogP contribution in [-0.2, 0) is 14.8 Å². The maximum atomic E-state index is 12.4. The fraction of sp³-hybridized carbons (Fsp3) is 0.455. The standard InChI is InChI=1S/C11H12BrN3O3S/c12-9-5-11(7-13-6-9)19(17,18)15-3-1-10(2-4-15)14-8-16/h5-7,10H,1-4H2. The SMILES string of the molecule is O=C=NC1CCN(S(=O)(=O)c2cncc(Br)c2)CC1. The summed E-state index contributed by atoms with van der Waals surface area (Å²) in [6, 6.07) is 1.41. The molecular weight excluding hydrogens is 334 g/mol. The fourth-order valence-electron chi connectivity index (χ4n) is 1.97. The van der Waals surface area contributed by atoms with Crippen LogP contribution in [0.5, 0.6) is 0 Å². The zero-order valence-electron chi connectivity index (χ0n) is 9.99. The molecule has 0 unspecified atom stereocenters. The van der Waals surface area contributed by atoms with Crippen molar-refractivity contribution in [3.8, 4) is 0 Å². The van der Waals surface area contributed by atoms with Crippen LogP contribution in [0.25, 0.3) is 0 Å². The van der Waals surface area contributed by atoms with Crippen LogP contribution in [0, 0.1) is 0 Å². The monoisotopic (exact) mass is 345 g/mol. The fourth-order valence-corrected chi connectivity index (χ4v) is 3.94. The molecule has 0 atom stereocenters. The molecule has 1 aliphatic rings. The second kappa shape index (κ2) is 5.92. The summed E-state index contributed by atoms with van der Waals surface area (Å²) in [4.78, 5) is 17.8. The van der Waals surface area contributed by atoms with Gasteiger partial charge in [-0.3, -0.25) is 4.98 Å². The van der Waals surface area contributed by atoms with Gasteiger partial charge in [0.25, 0.3) is 0 Å². The summed E-state index contributed by atoms with van der Waals surface area (Å²) in [6.07, 6.45) is 5.46. The number of halogens is 1.